The summed E-state index contributed by atoms with van der Waals surface area (Å²) in [6.07, 6.45) is 1.21. The number of benzene rings is 1. The van der Waals surface area contributed by atoms with Gasteiger partial charge in [-0.3, -0.25) is 4.79 Å². The van der Waals surface area contributed by atoms with E-state index in [1.165, 1.54) is 0 Å². The van der Waals surface area contributed by atoms with Crippen LogP contribution >= 0.6 is 11.6 Å². The summed E-state index contributed by atoms with van der Waals surface area (Å²) in [4.78, 5) is 14.1. The molecule has 1 atom stereocenters. The number of carbonyl (C=O) groups is 1. The van der Waals surface area contributed by atoms with E-state index >= 15 is 0 Å². The maximum absolute atomic E-state index is 12.3. The molecule has 19 heavy (non-hydrogen) atoms. The first-order chi connectivity index (χ1) is 8.93. The molecule has 1 aromatic rings. The lowest BCUT2D eigenvalue weighted by Crippen LogP contribution is -2.39. The highest BCUT2D eigenvalue weighted by Crippen LogP contribution is 2.15. The number of halogens is 1. The average molecular weight is 283 g/mol. The van der Waals surface area contributed by atoms with Crippen LogP contribution in [-0.4, -0.2) is 22.9 Å². The number of nitrogens with two attached hydrogens (primary N) is 1. The third-order valence-corrected chi connectivity index (χ3v) is 3.38. The number of amides is 1. The van der Waals surface area contributed by atoms with Gasteiger partial charge in [-0.2, -0.15) is 0 Å². The molecule has 106 valence electrons. The van der Waals surface area contributed by atoms with Crippen molar-refractivity contribution < 1.29 is 4.79 Å². The van der Waals surface area contributed by atoms with Crippen molar-refractivity contribution in [3.05, 3.63) is 34.9 Å². The normalized spacial score (nSPS) is 12.5. The molecule has 0 bridgehead atoms. The van der Waals surface area contributed by atoms with E-state index in [1.54, 1.807) is 0 Å². The maximum atomic E-state index is 12.3. The molecule has 3 nitrogen and oxygen atoms in total. The molecule has 0 aliphatic carbocycles. The Morgan fingerprint density at radius 2 is 2.11 bits per heavy atom. The number of hydrogen-bond acceptors (Lipinski definition) is 2. The molecule has 0 spiro atoms. The van der Waals surface area contributed by atoms with E-state index < -0.39 is 0 Å². The summed E-state index contributed by atoms with van der Waals surface area (Å²) in [5, 5.41) is 0.693. The molecule has 0 aliphatic rings. The molecule has 0 aliphatic heterocycles. The Kier molecular flexibility index (Phi) is 6.32. The molecule has 1 aromatic carbocycles. The van der Waals surface area contributed by atoms with Crippen molar-refractivity contribution in [3.8, 4) is 0 Å². The summed E-state index contributed by atoms with van der Waals surface area (Å²) < 4.78 is 0. The maximum Gasteiger partial charge on any atom is 0.224 e. The number of rotatable bonds is 6. The minimum Gasteiger partial charge on any atom is -0.336 e. The van der Waals surface area contributed by atoms with Gasteiger partial charge in [-0.1, -0.05) is 30.7 Å². The van der Waals surface area contributed by atoms with Gasteiger partial charge in [0.1, 0.15) is 0 Å². The van der Waals surface area contributed by atoms with Crippen molar-refractivity contribution in [1.29, 1.82) is 0 Å². The fourth-order valence-corrected chi connectivity index (χ4v) is 2.09. The molecule has 2 N–H and O–H groups in total. The van der Waals surface area contributed by atoms with Crippen molar-refractivity contribution in [2.75, 3.05) is 0 Å². The van der Waals surface area contributed by atoms with Crippen molar-refractivity contribution >= 4 is 17.5 Å². The highest BCUT2D eigenvalue weighted by atomic mass is 35.5. The zero-order valence-electron chi connectivity index (χ0n) is 11.9. The van der Waals surface area contributed by atoms with Crippen molar-refractivity contribution in [1.82, 2.24) is 4.90 Å². The fraction of sp³-hybridized carbons (Fsp3) is 0.533. The molecule has 0 radical (unpaired) electrons. The minimum absolute atomic E-state index is 0.0619. The summed E-state index contributed by atoms with van der Waals surface area (Å²) in [7, 11) is 0. The first kappa shape index (κ1) is 16.0. The van der Waals surface area contributed by atoms with E-state index in [0.29, 0.717) is 18.0 Å². The standard InChI is InChI=1S/C15H23ClN2O/c1-4-14(17)9-15(19)18(11(2)3)10-12-6-5-7-13(16)8-12/h5-8,11,14H,4,9-10,17H2,1-3H3. The first-order valence-corrected chi connectivity index (χ1v) is 7.11. The smallest absolute Gasteiger partial charge is 0.224 e. The highest BCUT2D eigenvalue weighted by Gasteiger charge is 2.19. The van der Waals surface area contributed by atoms with Crippen LogP contribution in [0.2, 0.25) is 5.02 Å². The predicted octanol–water partition coefficient (Wildman–Crippen LogP) is 3.20. The Balaban J connectivity index is 2.75. The Bertz CT molecular complexity index is 420. The molecule has 0 aromatic heterocycles. The van der Waals surface area contributed by atoms with Gasteiger partial charge in [-0.25, -0.2) is 0 Å². The summed E-state index contributed by atoms with van der Waals surface area (Å²) in [6.45, 7) is 6.60. The molecule has 1 amide bonds. The van der Waals surface area contributed by atoms with Gasteiger partial charge in [0.15, 0.2) is 0 Å². The highest BCUT2D eigenvalue weighted by molar-refractivity contribution is 6.30. The second-order valence-corrected chi connectivity index (χ2v) is 5.55. The molecule has 0 fully saturated rings. The van der Waals surface area contributed by atoms with Gasteiger partial charge in [0.05, 0.1) is 0 Å². The largest absolute Gasteiger partial charge is 0.336 e. The van der Waals surface area contributed by atoms with E-state index in [-0.39, 0.29) is 18.0 Å². The second-order valence-electron chi connectivity index (χ2n) is 5.12. The zero-order valence-corrected chi connectivity index (χ0v) is 12.7. The molecule has 1 rings (SSSR count). The summed E-state index contributed by atoms with van der Waals surface area (Å²) in [6, 6.07) is 7.69. The van der Waals surface area contributed by atoms with Crippen LogP contribution in [0, 0.1) is 0 Å². The Hall–Kier alpha value is -1.06. The van der Waals surface area contributed by atoms with Crippen LogP contribution in [0.15, 0.2) is 24.3 Å². The second kappa shape index (κ2) is 7.51. The zero-order chi connectivity index (χ0) is 14.4. The predicted molar refractivity (Wildman–Crippen MR) is 80.0 cm³/mol. The summed E-state index contributed by atoms with van der Waals surface area (Å²) in [5.74, 6) is 0.101. The summed E-state index contributed by atoms with van der Waals surface area (Å²) >= 11 is 5.97. The van der Waals surface area contributed by atoms with Crippen LogP contribution in [0.3, 0.4) is 0 Å². The van der Waals surface area contributed by atoms with Crippen LogP contribution in [-0.2, 0) is 11.3 Å². The monoisotopic (exact) mass is 282 g/mol. The van der Waals surface area contributed by atoms with Crippen LogP contribution in [0.5, 0.6) is 0 Å². The van der Waals surface area contributed by atoms with Crippen molar-refractivity contribution in [3.63, 3.8) is 0 Å². The summed E-state index contributed by atoms with van der Waals surface area (Å²) in [5.41, 5.74) is 6.90. The number of carbonyl (C=O) groups excluding carboxylic acids is 1. The van der Waals surface area contributed by atoms with E-state index in [1.807, 2.05) is 49.9 Å². The van der Waals surface area contributed by atoms with E-state index in [2.05, 4.69) is 0 Å². The molecule has 1 unspecified atom stereocenters. The van der Waals surface area contributed by atoms with E-state index in [9.17, 15) is 4.79 Å². The van der Waals surface area contributed by atoms with Crippen molar-refractivity contribution in [2.24, 2.45) is 5.73 Å². The number of hydrogen-bond donors (Lipinski definition) is 1. The lowest BCUT2D eigenvalue weighted by atomic mass is 10.1. The minimum atomic E-state index is -0.0619. The van der Waals surface area contributed by atoms with Crippen LogP contribution in [0.1, 0.15) is 39.2 Å². The lowest BCUT2D eigenvalue weighted by Gasteiger charge is -2.28. The average Bonchev–Trinajstić information content (AvgIpc) is 2.35. The third-order valence-electron chi connectivity index (χ3n) is 3.15. The first-order valence-electron chi connectivity index (χ1n) is 6.73. The van der Waals surface area contributed by atoms with Crippen molar-refractivity contribution in [2.45, 2.75) is 52.2 Å². The van der Waals surface area contributed by atoms with Gasteiger partial charge >= 0.3 is 0 Å². The van der Waals surface area contributed by atoms with Crippen LogP contribution in [0.4, 0.5) is 0 Å². The molecule has 4 heteroatoms. The van der Waals surface area contributed by atoms with E-state index in [4.69, 9.17) is 17.3 Å². The molecule has 0 heterocycles. The Morgan fingerprint density at radius 3 is 2.63 bits per heavy atom. The third kappa shape index (κ3) is 5.21. The fourth-order valence-electron chi connectivity index (χ4n) is 1.88. The van der Waals surface area contributed by atoms with E-state index in [0.717, 1.165) is 12.0 Å². The van der Waals surface area contributed by atoms with Gasteiger partial charge in [-0.15, -0.1) is 0 Å². The van der Waals surface area contributed by atoms with Gasteiger partial charge in [-0.05, 0) is 38.0 Å². The number of nitrogens with zero attached hydrogens (tertiary/aromatic N) is 1. The Labute approximate surface area is 120 Å². The molecule has 0 saturated heterocycles. The van der Waals surface area contributed by atoms with Gasteiger partial charge in [0, 0.05) is 30.1 Å². The molecule has 0 saturated carbocycles. The van der Waals surface area contributed by atoms with Gasteiger partial charge in [0.25, 0.3) is 0 Å². The van der Waals surface area contributed by atoms with Gasteiger partial charge in [0.2, 0.25) is 5.91 Å². The van der Waals surface area contributed by atoms with Gasteiger partial charge < -0.3 is 10.6 Å². The molecular weight excluding hydrogens is 260 g/mol. The van der Waals surface area contributed by atoms with Crippen LogP contribution < -0.4 is 5.73 Å². The quantitative estimate of drug-likeness (QED) is 0.871. The lowest BCUT2D eigenvalue weighted by molar-refractivity contribution is -0.133. The topological polar surface area (TPSA) is 46.3 Å². The molecular formula is C15H23ClN2O. The SMILES string of the molecule is CCC(N)CC(=O)N(Cc1cccc(Cl)c1)C(C)C. The Morgan fingerprint density at radius 1 is 1.42 bits per heavy atom. The van der Waals surface area contributed by atoms with Crippen LogP contribution in [0.25, 0.3) is 0 Å².